The van der Waals surface area contributed by atoms with Crippen LogP contribution in [-0.4, -0.2) is 33.5 Å². The van der Waals surface area contributed by atoms with E-state index in [1.165, 1.54) is 13.8 Å². The number of nitrogens with one attached hydrogen (secondary N) is 1. The number of hydrogen-bond acceptors (Lipinski definition) is 6. The van der Waals surface area contributed by atoms with E-state index in [9.17, 15) is 25.0 Å². The molecule has 0 fully saturated rings. The molecule has 0 aliphatic heterocycles. The first-order chi connectivity index (χ1) is 9.23. The van der Waals surface area contributed by atoms with Crippen molar-refractivity contribution in [3.8, 4) is 0 Å². The highest BCUT2D eigenvalue weighted by atomic mass is 16.6. The molecule has 20 heavy (non-hydrogen) atoms. The fraction of sp³-hybridized carbons (Fsp3) is 0.364. The Labute approximate surface area is 113 Å². The van der Waals surface area contributed by atoms with Crippen LogP contribution in [0.4, 0.5) is 11.4 Å². The standard InChI is InChI=1S/C11H13N3O6/c1-6(15)5-12-11(16)9-3-8(13(17)18)4-10(7(9)2)14(19)20/h3-4,6,15H,5H2,1-2H3,(H,12,16). The predicted molar refractivity (Wildman–Crippen MR) is 68.5 cm³/mol. The van der Waals surface area contributed by atoms with Gasteiger partial charge in [-0.3, -0.25) is 25.0 Å². The number of benzene rings is 1. The monoisotopic (exact) mass is 283 g/mol. The van der Waals surface area contributed by atoms with Crippen molar-refractivity contribution in [3.63, 3.8) is 0 Å². The molecule has 0 aromatic heterocycles. The average molecular weight is 283 g/mol. The summed E-state index contributed by atoms with van der Waals surface area (Å²) in [5.74, 6) is -0.713. The molecule has 1 aromatic carbocycles. The van der Waals surface area contributed by atoms with E-state index in [0.29, 0.717) is 0 Å². The molecular formula is C11H13N3O6. The zero-order chi connectivity index (χ0) is 15.4. The van der Waals surface area contributed by atoms with E-state index < -0.39 is 33.2 Å². The van der Waals surface area contributed by atoms with Crippen LogP contribution in [0.1, 0.15) is 22.8 Å². The van der Waals surface area contributed by atoms with Crippen LogP contribution in [0.3, 0.4) is 0 Å². The molecule has 1 unspecified atom stereocenters. The Morgan fingerprint density at radius 1 is 1.35 bits per heavy atom. The van der Waals surface area contributed by atoms with Gasteiger partial charge >= 0.3 is 0 Å². The molecule has 0 saturated heterocycles. The summed E-state index contributed by atoms with van der Waals surface area (Å²) >= 11 is 0. The van der Waals surface area contributed by atoms with Crippen molar-refractivity contribution in [1.29, 1.82) is 0 Å². The van der Waals surface area contributed by atoms with Gasteiger partial charge in [-0.05, 0) is 13.8 Å². The molecule has 1 rings (SSSR count). The number of nitro groups is 2. The predicted octanol–water partition coefficient (Wildman–Crippen LogP) is 0.922. The lowest BCUT2D eigenvalue weighted by Gasteiger charge is -2.09. The molecule has 2 N–H and O–H groups in total. The maximum absolute atomic E-state index is 11.9. The Kier molecular flexibility index (Phi) is 4.70. The summed E-state index contributed by atoms with van der Waals surface area (Å²) in [7, 11) is 0. The normalized spacial score (nSPS) is 11.8. The quantitative estimate of drug-likeness (QED) is 0.609. The molecule has 1 atom stereocenters. The van der Waals surface area contributed by atoms with E-state index >= 15 is 0 Å². The molecule has 9 nitrogen and oxygen atoms in total. The van der Waals surface area contributed by atoms with Gasteiger partial charge in [0.25, 0.3) is 17.3 Å². The molecule has 0 aliphatic rings. The third kappa shape index (κ3) is 3.48. The van der Waals surface area contributed by atoms with Crippen LogP contribution in [0, 0.1) is 27.2 Å². The maximum atomic E-state index is 11.9. The fourth-order valence-corrected chi connectivity index (χ4v) is 1.55. The molecule has 0 radical (unpaired) electrons. The number of aliphatic hydroxyl groups is 1. The molecule has 108 valence electrons. The second kappa shape index (κ2) is 6.06. The zero-order valence-electron chi connectivity index (χ0n) is 10.8. The first kappa shape index (κ1) is 15.5. The van der Waals surface area contributed by atoms with Crippen LogP contribution >= 0.6 is 0 Å². The Balaban J connectivity index is 3.27. The molecule has 1 amide bonds. The van der Waals surface area contributed by atoms with Crippen molar-refractivity contribution in [2.45, 2.75) is 20.0 Å². The van der Waals surface area contributed by atoms with Crippen molar-refractivity contribution < 1.29 is 19.7 Å². The largest absolute Gasteiger partial charge is 0.392 e. The highest BCUT2D eigenvalue weighted by Crippen LogP contribution is 2.27. The minimum absolute atomic E-state index is 0.0312. The van der Waals surface area contributed by atoms with Gasteiger partial charge in [-0.1, -0.05) is 0 Å². The molecule has 1 aromatic rings. The third-order valence-electron chi connectivity index (χ3n) is 2.58. The van der Waals surface area contributed by atoms with Gasteiger partial charge in [0.05, 0.1) is 27.6 Å². The number of rotatable bonds is 5. The minimum Gasteiger partial charge on any atom is -0.392 e. The number of aliphatic hydroxyl groups excluding tert-OH is 1. The second-order valence-electron chi connectivity index (χ2n) is 4.21. The smallest absolute Gasteiger partial charge is 0.279 e. The molecule has 9 heteroatoms. The van der Waals surface area contributed by atoms with Crippen molar-refractivity contribution in [3.05, 3.63) is 43.5 Å². The fourth-order valence-electron chi connectivity index (χ4n) is 1.55. The highest BCUT2D eigenvalue weighted by Gasteiger charge is 2.24. The molecular weight excluding hydrogens is 270 g/mol. The van der Waals surface area contributed by atoms with Gasteiger partial charge in [-0.25, -0.2) is 0 Å². The van der Waals surface area contributed by atoms with Crippen LogP contribution in [0.2, 0.25) is 0 Å². The van der Waals surface area contributed by atoms with Crippen LogP contribution in [0.25, 0.3) is 0 Å². The van der Waals surface area contributed by atoms with Gasteiger partial charge in [0.15, 0.2) is 0 Å². The summed E-state index contributed by atoms with van der Waals surface area (Å²) in [6, 6.07) is 1.78. The zero-order valence-corrected chi connectivity index (χ0v) is 10.8. The van der Waals surface area contributed by atoms with Crippen molar-refractivity contribution in [2.24, 2.45) is 0 Å². The van der Waals surface area contributed by atoms with E-state index in [1.807, 2.05) is 0 Å². The summed E-state index contributed by atoms with van der Waals surface area (Å²) in [4.78, 5) is 31.8. The van der Waals surface area contributed by atoms with Crippen molar-refractivity contribution in [1.82, 2.24) is 5.32 Å². The summed E-state index contributed by atoms with van der Waals surface area (Å²) in [5.41, 5.74) is -1.17. The topological polar surface area (TPSA) is 136 Å². The number of amides is 1. The van der Waals surface area contributed by atoms with E-state index in [0.717, 1.165) is 12.1 Å². The second-order valence-corrected chi connectivity index (χ2v) is 4.21. The number of nitro benzene ring substituents is 2. The Hall–Kier alpha value is -2.55. The molecule has 0 aliphatic carbocycles. The van der Waals surface area contributed by atoms with E-state index in [4.69, 9.17) is 5.11 Å². The Morgan fingerprint density at radius 3 is 2.40 bits per heavy atom. The maximum Gasteiger partial charge on any atom is 0.279 e. The van der Waals surface area contributed by atoms with Crippen molar-refractivity contribution in [2.75, 3.05) is 6.54 Å². The molecule has 0 bridgehead atoms. The summed E-state index contributed by atoms with van der Waals surface area (Å²) in [5, 5.41) is 33.0. The van der Waals surface area contributed by atoms with Crippen LogP contribution < -0.4 is 5.32 Å². The SMILES string of the molecule is Cc1c(C(=O)NCC(C)O)cc([N+](=O)[O-])cc1[N+](=O)[O-]. The summed E-state index contributed by atoms with van der Waals surface area (Å²) in [6.45, 7) is 2.72. The highest BCUT2D eigenvalue weighted by molar-refractivity contribution is 5.97. The first-order valence-electron chi connectivity index (χ1n) is 5.63. The first-order valence-corrected chi connectivity index (χ1v) is 5.63. The minimum atomic E-state index is -0.808. The summed E-state index contributed by atoms with van der Waals surface area (Å²) in [6.07, 6.45) is -0.798. The van der Waals surface area contributed by atoms with Gasteiger partial charge < -0.3 is 10.4 Å². The van der Waals surface area contributed by atoms with Crippen molar-refractivity contribution >= 4 is 17.3 Å². The molecule has 0 heterocycles. The van der Waals surface area contributed by atoms with E-state index in [2.05, 4.69) is 5.32 Å². The summed E-state index contributed by atoms with van der Waals surface area (Å²) < 4.78 is 0. The third-order valence-corrected chi connectivity index (χ3v) is 2.58. The van der Waals surface area contributed by atoms with Gasteiger partial charge in [0.2, 0.25) is 0 Å². The Morgan fingerprint density at radius 2 is 1.95 bits per heavy atom. The van der Waals surface area contributed by atoms with Gasteiger partial charge in [0, 0.05) is 18.2 Å². The average Bonchev–Trinajstić information content (AvgIpc) is 2.35. The lowest BCUT2D eigenvalue weighted by molar-refractivity contribution is -0.394. The van der Waals surface area contributed by atoms with E-state index in [1.54, 1.807) is 0 Å². The lowest BCUT2D eigenvalue weighted by Crippen LogP contribution is -2.31. The van der Waals surface area contributed by atoms with Gasteiger partial charge in [-0.2, -0.15) is 0 Å². The van der Waals surface area contributed by atoms with Crippen LogP contribution in [0.15, 0.2) is 12.1 Å². The Bertz CT molecular complexity index is 570. The van der Waals surface area contributed by atoms with Crippen LogP contribution in [0.5, 0.6) is 0 Å². The van der Waals surface area contributed by atoms with Crippen LogP contribution in [-0.2, 0) is 0 Å². The molecule has 0 spiro atoms. The van der Waals surface area contributed by atoms with Gasteiger partial charge in [0.1, 0.15) is 0 Å². The number of carbonyl (C=O) groups excluding carboxylic acids is 1. The molecule has 0 saturated carbocycles. The number of nitrogens with zero attached hydrogens (tertiary/aromatic N) is 2. The van der Waals surface area contributed by atoms with Gasteiger partial charge in [-0.15, -0.1) is 0 Å². The number of non-ortho nitro benzene ring substituents is 1. The lowest BCUT2D eigenvalue weighted by atomic mass is 10.0. The number of hydrogen-bond donors (Lipinski definition) is 2. The van der Waals surface area contributed by atoms with E-state index in [-0.39, 0.29) is 17.7 Å². The number of carbonyl (C=O) groups is 1.